The van der Waals surface area contributed by atoms with E-state index in [0.717, 1.165) is 75.7 Å². The van der Waals surface area contributed by atoms with Gasteiger partial charge in [-0.25, -0.2) is 4.98 Å². The van der Waals surface area contributed by atoms with E-state index in [4.69, 9.17) is 4.98 Å². The topological polar surface area (TPSA) is 81.3 Å². The van der Waals surface area contributed by atoms with E-state index in [1.807, 2.05) is 12.1 Å². The van der Waals surface area contributed by atoms with Gasteiger partial charge >= 0.3 is 0 Å². The first-order chi connectivity index (χ1) is 14.6. The van der Waals surface area contributed by atoms with Crippen molar-refractivity contribution in [1.82, 2.24) is 14.9 Å². The number of carbonyl (C=O) groups excluding carboxylic acids is 1. The van der Waals surface area contributed by atoms with Gasteiger partial charge in [0.25, 0.3) is 5.56 Å². The molecule has 160 valence electrons. The summed E-state index contributed by atoms with van der Waals surface area (Å²) in [6.45, 7) is 6.27. The van der Waals surface area contributed by atoms with Crippen LogP contribution in [0.1, 0.15) is 56.2 Å². The van der Waals surface area contributed by atoms with Crippen LogP contribution in [0.4, 0.5) is 11.6 Å². The number of amides is 1. The minimum atomic E-state index is -0.0594. The molecule has 7 heteroatoms. The molecule has 2 aliphatic heterocycles. The highest BCUT2D eigenvalue weighted by Crippen LogP contribution is 2.27. The van der Waals surface area contributed by atoms with Gasteiger partial charge in [-0.05, 0) is 56.3 Å². The molecule has 2 aliphatic rings. The molecule has 1 amide bonds. The summed E-state index contributed by atoms with van der Waals surface area (Å²) in [5.41, 5.74) is 2.91. The molecule has 0 saturated carbocycles. The number of piperidine rings is 2. The third kappa shape index (κ3) is 5.27. The number of H-pyrrole nitrogens is 1. The van der Waals surface area contributed by atoms with Crippen LogP contribution in [0, 0.1) is 0 Å². The number of anilines is 2. The van der Waals surface area contributed by atoms with Crippen molar-refractivity contribution in [3.63, 3.8) is 0 Å². The van der Waals surface area contributed by atoms with Crippen molar-refractivity contribution in [2.45, 2.75) is 51.5 Å². The number of carbonyl (C=O) groups is 1. The summed E-state index contributed by atoms with van der Waals surface area (Å²) >= 11 is 0. The second-order valence-corrected chi connectivity index (χ2v) is 8.49. The molecular weight excluding hydrogens is 378 g/mol. The fourth-order valence-corrected chi connectivity index (χ4v) is 4.52. The Morgan fingerprint density at radius 1 is 1.13 bits per heavy atom. The summed E-state index contributed by atoms with van der Waals surface area (Å²) in [7, 11) is 0. The summed E-state index contributed by atoms with van der Waals surface area (Å²) in [6.07, 6.45) is 5.73. The predicted molar refractivity (Wildman–Crippen MR) is 119 cm³/mol. The molecular formula is C23H31N5O2. The molecule has 2 aromatic rings. The van der Waals surface area contributed by atoms with Gasteiger partial charge in [0.1, 0.15) is 0 Å². The Labute approximate surface area is 177 Å². The number of aromatic amines is 1. The second-order valence-electron chi connectivity index (χ2n) is 8.49. The van der Waals surface area contributed by atoms with E-state index in [-0.39, 0.29) is 17.4 Å². The first-order valence-corrected chi connectivity index (χ1v) is 11.0. The first kappa shape index (κ1) is 20.6. The Bertz CT molecular complexity index is 918. The zero-order valence-electron chi connectivity index (χ0n) is 17.7. The first-order valence-electron chi connectivity index (χ1n) is 11.0. The smallest absolute Gasteiger partial charge is 0.252 e. The average molecular weight is 410 g/mol. The summed E-state index contributed by atoms with van der Waals surface area (Å²) in [5.74, 6) is 0.960. The van der Waals surface area contributed by atoms with Crippen LogP contribution in [0.5, 0.6) is 0 Å². The van der Waals surface area contributed by atoms with Gasteiger partial charge in [-0.3, -0.25) is 19.5 Å². The Morgan fingerprint density at radius 2 is 1.90 bits per heavy atom. The molecule has 0 aliphatic carbocycles. The van der Waals surface area contributed by atoms with Crippen molar-refractivity contribution in [1.29, 1.82) is 0 Å². The Balaban J connectivity index is 1.43. The third-order valence-electron chi connectivity index (χ3n) is 6.01. The highest BCUT2D eigenvalue weighted by Gasteiger charge is 2.24. The van der Waals surface area contributed by atoms with Crippen molar-refractivity contribution in [3.8, 4) is 0 Å². The maximum absolute atomic E-state index is 12.3. The summed E-state index contributed by atoms with van der Waals surface area (Å²) in [6, 6.07) is 9.70. The predicted octanol–water partition coefficient (Wildman–Crippen LogP) is 3.10. The molecule has 2 fully saturated rings. The van der Waals surface area contributed by atoms with Crippen LogP contribution in [0.2, 0.25) is 0 Å². The van der Waals surface area contributed by atoms with Gasteiger partial charge in [0, 0.05) is 50.8 Å². The van der Waals surface area contributed by atoms with E-state index in [1.165, 1.54) is 18.9 Å². The lowest BCUT2D eigenvalue weighted by molar-refractivity contribution is -0.114. The molecule has 1 atom stereocenters. The number of nitrogens with zero attached hydrogens (tertiary/aromatic N) is 3. The van der Waals surface area contributed by atoms with Gasteiger partial charge in [-0.1, -0.05) is 12.1 Å². The normalized spacial score (nSPS) is 20.2. The summed E-state index contributed by atoms with van der Waals surface area (Å²) < 4.78 is 0. The second kappa shape index (κ2) is 9.43. The van der Waals surface area contributed by atoms with Gasteiger partial charge in [-0.15, -0.1) is 0 Å². The fourth-order valence-electron chi connectivity index (χ4n) is 4.52. The molecule has 0 radical (unpaired) electrons. The van der Waals surface area contributed by atoms with Gasteiger partial charge in [0.05, 0.1) is 5.69 Å². The van der Waals surface area contributed by atoms with E-state index >= 15 is 0 Å². The van der Waals surface area contributed by atoms with Crippen molar-refractivity contribution >= 4 is 17.5 Å². The van der Waals surface area contributed by atoms with Crippen LogP contribution < -0.4 is 15.8 Å². The summed E-state index contributed by atoms with van der Waals surface area (Å²) in [5, 5.41) is 2.80. The number of rotatable bonds is 5. The van der Waals surface area contributed by atoms with E-state index in [9.17, 15) is 9.59 Å². The van der Waals surface area contributed by atoms with Crippen LogP contribution in [-0.4, -0.2) is 47.0 Å². The van der Waals surface area contributed by atoms with Gasteiger partial charge in [0.2, 0.25) is 11.9 Å². The lowest BCUT2D eigenvalue weighted by Crippen LogP contribution is -2.36. The quantitative estimate of drug-likeness (QED) is 0.793. The lowest BCUT2D eigenvalue weighted by atomic mass is 9.94. The van der Waals surface area contributed by atoms with Crippen molar-refractivity contribution < 1.29 is 4.79 Å². The van der Waals surface area contributed by atoms with Gasteiger partial charge < -0.3 is 10.2 Å². The molecule has 2 N–H and O–H groups in total. The van der Waals surface area contributed by atoms with E-state index in [0.29, 0.717) is 0 Å². The van der Waals surface area contributed by atoms with Crippen LogP contribution in [-0.2, 0) is 11.3 Å². The maximum Gasteiger partial charge on any atom is 0.252 e. The number of aromatic nitrogens is 2. The fraction of sp³-hybridized carbons (Fsp3) is 0.522. The third-order valence-corrected chi connectivity index (χ3v) is 6.01. The number of likely N-dealkylation sites (tertiary alicyclic amines) is 1. The average Bonchev–Trinajstić information content (AvgIpc) is 2.75. The molecule has 0 spiro atoms. The zero-order valence-corrected chi connectivity index (χ0v) is 17.7. The SMILES string of the molecule is CC(=O)Nc1ccc(CN2CCCC(c3cc(=O)[nH]c(N4CCCCC4)n3)C2)cc1. The number of hydrogen-bond acceptors (Lipinski definition) is 5. The number of nitrogens with one attached hydrogen (secondary N) is 2. The largest absolute Gasteiger partial charge is 0.342 e. The van der Waals surface area contributed by atoms with E-state index in [1.54, 1.807) is 6.07 Å². The van der Waals surface area contributed by atoms with Gasteiger partial charge in [-0.2, -0.15) is 0 Å². The highest BCUT2D eigenvalue weighted by molar-refractivity contribution is 5.88. The summed E-state index contributed by atoms with van der Waals surface area (Å²) in [4.78, 5) is 35.9. The molecule has 1 aromatic heterocycles. The van der Waals surface area contributed by atoms with Crippen LogP contribution >= 0.6 is 0 Å². The molecule has 4 rings (SSSR count). The molecule has 30 heavy (non-hydrogen) atoms. The van der Waals surface area contributed by atoms with Crippen LogP contribution in [0.3, 0.4) is 0 Å². The zero-order chi connectivity index (χ0) is 20.9. The van der Waals surface area contributed by atoms with Crippen molar-refractivity contribution in [2.24, 2.45) is 0 Å². The minimum absolute atomic E-state index is 0.0498. The maximum atomic E-state index is 12.3. The Hall–Kier alpha value is -2.67. The Kier molecular flexibility index (Phi) is 6.47. The molecule has 2 saturated heterocycles. The minimum Gasteiger partial charge on any atom is -0.342 e. The molecule has 3 heterocycles. The lowest BCUT2D eigenvalue weighted by Gasteiger charge is -2.33. The molecule has 0 bridgehead atoms. The van der Waals surface area contributed by atoms with Crippen molar-refractivity contribution in [3.05, 3.63) is 51.9 Å². The van der Waals surface area contributed by atoms with E-state index < -0.39 is 0 Å². The van der Waals surface area contributed by atoms with Crippen LogP contribution in [0.15, 0.2) is 35.1 Å². The highest BCUT2D eigenvalue weighted by atomic mass is 16.1. The standard InChI is InChI=1S/C23H31N5O2/c1-17(29)24-20-9-7-18(8-10-20)15-27-11-5-6-19(16-27)21-14-22(30)26-23(25-21)28-12-3-2-4-13-28/h7-10,14,19H,2-6,11-13,15-16H2,1H3,(H,24,29)(H,25,26,30). The van der Waals surface area contributed by atoms with Crippen LogP contribution in [0.25, 0.3) is 0 Å². The monoisotopic (exact) mass is 409 g/mol. The number of benzene rings is 1. The van der Waals surface area contributed by atoms with E-state index in [2.05, 4.69) is 32.2 Å². The van der Waals surface area contributed by atoms with Crippen molar-refractivity contribution in [2.75, 3.05) is 36.4 Å². The molecule has 1 unspecified atom stereocenters. The number of hydrogen-bond donors (Lipinski definition) is 2. The Morgan fingerprint density at radius 3 is 2.63 bits per heavy atom. The van der Waals surface area contributed by atoms with Gasteiger partial charge in [0.15, 0.2) is 0 Å². The molecule has 7 nitrogen and oxygen atoms in total. The molecule has 1 aromatic carbocycles.